The van der Waals surface area contributed by atoms with Crippen molar-refractivity contribution in [1.82, 2.24) is 9.13 Å². The van der Waals surface area contributed by atoms with E-state index in [1.165, 1.54) is 153 Å². The molecule has 0 atom stereocenters. The van der Waals surface area contributed by atoms with E-state index in [2.05, 4.69) is 257 Å². The van der Waals surface area contributed by atoms with Gasteiger partial charge in [0.2, 0.25) is 0 Å². The SMILES string of the molecule is CCCCCCC1(CCCCCC)c2cc(C(C)(C)/C=C/c3ccc(-n4c5ccccc5c5ccccc54)cc3)ccc2-c2ccc(C(C)(C)/C=C/c3ccc(-n4c5ccccc5c5ccccc54)cc3)cc21. The second-order valence-electron chi connectivity index (χ2n) is 22.3. The highest BCUT2D eigenvalue weighted by molar-refractivity contribution is 6.10. The van der Waals surface area contributed by atoms with Gasteiger partial charge in [-0.05, 0) is 106 Å². The molecule has 366 valence electrons. The molecular formula is C71H72N2. The Hall–Kier alpha value is -7.16. The Morgan fingerprint density at radius 1 is 0.384 bits per heavy atom. The van der Waals surface area contributed by atoms with Gasteiger partial charge in [-0.3, -0.25) is 0 Å². The standard InChI is InChI=1S/C71H72N2/c1-7-9-11-21-45-71(46-22-12-10-8-2)63-49-53(69(3,4)47-43-51-31-37-55(38-32-51)72-65-27-17-13-23-59(65)60-24-14-18-28-66(60)72)35-41-57(63)58-42-36-54(50-64(58)71)70(5,6)48-44-52-33-39-56(40-34-52)73-67-29-19-15-25-61(67)62-26-16-20-30-68(62)73/h13-20,23-44,47-50H,7-12,21-22,45-46H2,1-6H3/b47-43+,48-44+. The van der Waals surface area contributed by atoms with Gasteiger partial charge in [0.15, 0.2) is 0 Å². The first-order valence-corrected chi connectivity index (χ1v) is 27.5. The Morgan fingerprint density at radius 2 is 0.726 bits per heavy atom. The van der Waals surface area contributed by atoms with Gasteiger partial charge in [-0.2, -0.15) is 0 Å². The van der Waals surface area contributed by atoms with Crippen LogP contribution in [-0.4, -0.2) is 9.13 Å². The average Bonchev–Trinajstić information content (AvgIpc) is 4.04. The van der Waals surface area contributed by atoms with Gasteiger partial charge >= 0.3 is 0 Å². The van der Waals surface area contributed by atoms with E-state index < -0.39 is 0 Å². The molecule has 1 aliphatic carbocycles. The van der Waals surface area contributed by atoms with Crippen molar-refractivity contribution < 1.29 is 0 Å². The lowest BCUT2D eigenvalue weighted by Gasteiger charge is -2.35. The highest BCUT2D eigenvalue weighted by atomic mass is 15.0. The van der Waals surface area contributed by atoms with Gasteiger partial charge in [-0.15, -0.1) is 0 Å². The lowest BCUT2D eigenvalue weighted by molar-refractivity contribution is 0.400. The number of allylic oxidation sites excluding steroid dienone is 2. The molecule has 0 amide bonds. The fourth-order valence-corrected chi connectivity index (χ4v) is 12.3. The van der Waals surface area contributed by atoms with Crippen molar-refractivity contribution >= 4 is 55.8 Å². The van der Waals surface area contributed by atoms with Crippen LogP contribution in [-0.2, 0) is 16.2 Å². The highest BCUT2D eigenvalue weighted by Crippen LogP contribution is 2.56. The predicted molar refractivity (Wildman–Crippen MR) is 316 cm³/mol. The number of hydrogen-bond donors (Lipinski definition) is 0. The minimum atomic E-state index is -0.176. The van der Waals surface area contributed by atoms with Crippen LogP contribution in [0.15, 0.2) is 194 Å². The van der Waals surface area contributed by atoms with Crippen LogP contribution in [0.3, 0.4) is 0 Å². The van der Waals surface area contributed by atoms with Crippen LogP contribution < -0.4 is 0 Å². The summed E-state index contributed by atoms with van der Waals surface area (Å²) in [6.45, 7) is 14.3. The van der Waals surface area contributed by atoms with Crippen molar-refractivity contribution in [3.05, 3.63) is 228 Å². The number of rotatable bonds is 18. The molecule has 0 saturated heterocycles. The minimum absolute atomic E-state index is 0.0248. The Morgan fingerprint density at radius 3 is 1.07 bits per heavy atom. The van der Waals surface area contributed by atoms with E-state index >= 15 is 0 Å². The van der Waals surface area contributed by atoms with Crippen LogP contribution in [0, 0.1) is 0 Å². The van der Waals surface area contributed by atoms with Crippen LogP contribution >= 0.6 is 0 Å². The summed E-state index contributed by atoms with van der Waals surface area (Å²) in [4.78, 5) is 0. The van der Waals surface area contributed by atoms with Crippen LogP contribution in [0.25, 0.3) is 78.3 Å². The fourth-order valence-electron chi connectivity index (χ4n) is 12.3. The summed E-state index contributed by atoms with van der Waals surface area (Å²) >= 11 is 0. The third kappa shape index (κ3) is 8.98. The van der Waals surface area contributed by atoms with E-state index in [4.69, 9.17) is 0 Å². The second-order valence-corrected chi connectivity index (χ2v) is 22.3. The number of para-hydroxylation sites is 4. The van der Waals surface area contributed by atoms with Crippen molar-refractivity contribution in [2.45, 2.75) is 122 Å². The Balaban J connectivity index is 0.898. The zero-order valence-electron chi connectivity index (χ0n) is 44.1. The molecule has 8 aromatic carbocycles. The molecular weight excluding hydrogens is 881 g/mol. The first-order chi connectivity index (χ1) is 35.6. The zero-order chi connectivity index (χ0) is 50.2. The summed E-state index contributed by atoms with van der Waals surface area (Å²) in [6, 6.07) is 68.3. The van der Waals surface area contributed by atoms with Gasteiger partial charge in [0.1, 0.15) is 0 Å². The number of benzene rings is 8. The molecule has 10 aromatic rings. The summed E-state index contributed by atoms with van der Waals surface area (Å²) in [5.41, 5.74) is 18.1. The first kappa shape index (κ1) is 48.1. The maximum atomic E-state index is 2.64. The summed E-state index contributed by atoms with van der Waals surface area (Å²) in [5, 5.41) is 5.16. The fraction of sp³-hybridized carbons (Fsp3) is 0.268. The molecule has 73 heavy (non-hydrogen) atoms. The Bertz CT molecular complexity index is 3290. The van der Waals surface area contributed by atoms with Gasteiger partial charge in [0.25, 0.3) is 0 Å². The molecule has 0 saturated carbocycles. The normalized spacial score (nSPS) is 13.6. The average molecular weight is 953 g/mol. The molecule has 0 bridgehead atoms. The summed E-state index contributed by atoms with van der Waals surface area (Å²) in [7, 11) is 0. The molecule has 0 radical (unpaired) electrons. The molecule has 2 aromatic heterocycles. The van der Waals surface area contributed by atoms with E-state index in [1.807, 2.05) is 0 Å². The van der Waals surface area contributed by atoms with Crippen molar-refractivity contribution in [2.24, 2.45) is 0 Å². The number of hydrogen-bond acceptors (Lipinski definition) is 0. The second kappa shape index (κ2) is 20.0. The summed E-state index contributed by atoms with van der Waals surface area (Å²) < 4.78 is 4.80. The number of nitrogens with zero attached hydrogens (tertiary/aromatic N) is 2. The van der Waals surface area contributed by atoms with E-state index in [0.29, 0.717) is 0 Å². The predicted octanol–water partition coefficient (Wildman–Crippen LogP) is 20.1. The van der Waals surface area contributed by atoms with Crippen LogP contribution in [0.1, 0.15) is 139 Å². The Kier molecular flexibility index (Phi) is 13.2. The smallest absolute Gasteiger partial charge is 0.0541 e. The maximum Gasteiger partial charge on any atom is 0.0541 e. The molecule has 2 nitrogen and oxygen atoms in total. The van der Waals surface area contributed by atoms with Crippen molar-refractivity contribution in [3.8, 4) is 22.5 Å². The van der Waals surface area contributed by atoms with E-state index in [-0.39, 0.29) is 16.2 Å². The zero-order valence-corrected chi connectivity index (χ0v) is 44.1. The Labute approximate surface area is 434 Å². The first-order valence-electron chi connectivity index (χ1n) is 27.5. The minimum Gasteiger partial charge on any atom is -0.309 e. The molecule has 0 unspecified atom stereocenters. The molecule has 0 N–H and O–H groups in total. The van der Waals surface area contributed by atoms with Gasteiger partial charge < -0.3 is 9.13 Å². The molecule has 11 rings (SSSR count). The monoisotopic (exact) mass is 953 g/mol. The van der Waals surface area contributed by atoms with Gasteiger partial charge in [0, 0.05) is 49.2 Å². The van der Waals surface area contributed by atoms with Crippen molar-refractivity contribution in [3.63, 3.8) is 0 Å². The lowest BCUT2D eigenvalue weighted by Crippen LogP contribution is -2.27. The van der Waals surface area contributed by atoms with E-state index in [1.54, 1.807) is 11.1 Å². The van der Waals surface area contributed by atoms with Crippen LogP contribution in [0.5, 0.6) is 0 Å². The third-order valence-electron chi connectivity index (χ3n) is 16.6. The van der Waals surface area contributed by atoms with Gasteiger partial charge in [-0.25, -0.2) is 0 Å². The molecule has 0 spiro atoms. The molecule has 1 aliphatic rings. The van der Waals surface area contributed by atoms with Gasteiger partial charge in [0.05, 0.1) is 22.1 Å². The lowest BCUT2D eigenvalue weighted by atomic mass is 9.68. The molecule has 2 heteroatoms. The third-order valence-corrected chi connectivity index (χ3v) is 16.6. The van der Waals surface area contributed by atoms with Crippen LogP contribution in [0.4, 0.5) is 0 Å². The van der Waals surface area contributed by atoms with E-state index in [0.717, 1.165) is 0 Å². The highest BCUT2D eigenvalue weighted by Gasteiger charge is 2.43. The molecule has 0 fully saturated rings. The van der Waals surface area contributed by atoms with Gasteiger partial charge in [-0.1, -0.05) is 251 Å². The largest absolute Gasteiger partial charge is 0.309 e. The maximum absolute atomic E-state index is 2.64. The van der Waals surface area contributed by atoms with E-state index in [9.17, 15) is 0 Å². The molecule has 0 aliphatic heterocycles. The quantitative estimate of drug-likeness (QED) is 0.0759. The number of unbranched alkanes of at least 4 members (excludes halogenated alkanes) is 6. The van der Waals surface area contributed by atoms with Crippen molar-refractivity contribution in [1.29, 1.82) is 0 Å². The summed E-state index contributed by atoms with van der Waals surface area (Å²) in [5.74, 6) is 0. The molecule has 2 heterocycles. The van der Waals surface area contributed by atoms with Crippen LogP contribution in [0.2, 0.25) is 0 Å². The number of fused-ring (bicyclic) bond motifs is 9. The number of aromatic nitrogens is 2. The van der Waals surface area contributed by atoms with Crippen molar-refractivity contribution in [2.75, 3.05) is 0 Å². The summed E-state index contributed by atoms with van der Waals surface area (Å²) in [6.07, 6.45) is 22.1. The topological polar surface area (TPSA) is 9.86 Å².